The number of para-hydroxylation sites is 1. The van der Waals surface area contributed by atoms with Crippen molar-refractivity contribution in [1.29, 1.82) is 0 Å². The van der Waals surface area contributed by atoms with E-state index in [4.69, 9.17) is 21.1 Å². The Morgan fingerprint density at radius 3 is 2.39 bits per heavy atom. The molecular formula is C17H16ClNO4. The van der Waals surface area contributed by atoms with Gasteiger partial charge in [0.15, 0.2) is 12.7 Å². The van der Waals surface area contributed by atoms with Crippen LogP contribution in [0.4, 0.5) is 5.69 Å². The molecule has 0 aliphatic rings. The van der Waals surface area contributed by atoms with Gasteiger partial charge in [0.25, 0.3) is 5.91 Å². The molecule has 6 heteroatoms. The van der Waals surface area contributed by atoms with Gasteiger partial charge >= 0.3 is 5.97 Å². The molecule has 5 nitrogen and oxygen atoms in total. The smallest absolute Gasteiger partial charge is 0.347 e. The van der Waals surface area contributed by atoms with Gasteiger partial charge in [0.1, 0.15) is 5.75 Å². The van der Waals surface area contributed by atoms with Gasteiger partial charge in [-0.1, -0.05) is 29.8 Å². The van der Waals surface area contributed by atoms with Crippen LogP contribution in [-0.2, 0) is 14.3 Å². The van der Waals surface area contributed by atoms with Crippen LogP contribution in [0.1, 0.15) is 6.92 Å². The number of amides is 1. The summed E-state index contributed by atoms with van der Waals surface area (Å²) >= 11 is 5.76. The third kappa shape index (κ3) is 5.64. The maximum atomic E-state index is 11.8. The van der Waals surface area contributed by atoms with E-state index in [1.54, 1.807) is 55.5 Å². The highest BCUT2D eigenvalue weighted by atomic mass is 35.5. The van der Waals surface area contributed by atoms with E-state index in [1.807, 2.05) is 6.07 Å². The number of anilines is 1. The Balaban J connectivity index is 1.76. The van der Waals surface area contributed by atoms with Crippen molar-refractivity contribution in [2.45, 2.75) is 13.0 Å². The van der Waals surface area contributed by atoms with Crippen molar-refractivity contribution in [3.8, 4) is 5.75 Å². The largest absolute Gasteiger partial charge is 0.479 e. The molecule has 1 amide bonds. The second kappa shape index (κ2) is 8.19. The van der Waals surface area contributed by atoms with Crippen LogP contribution >= 0.6 is 11.6 Å². The molecule has 0 aliphatic carbocycles. The molecule has 0 spiro atoms. The first-order valence-corrected chi connectivity index (χ1v) is 7.36. The van der Waals surface area contributed by atoms with Gasteiger partial charge in [0.05, 0.1) is 0 Å². The van der Waals surface area contributed by atoms with E-state index in [0.717, 1.165) is 0 Å². The van der Waals surface area contributed by atoms with Crippen molar-refractivity contribution in [3.63, 3.8) is 0 Å². The summed E-state index contributed by atoms with van der Waals surface area (Å²) in [5.41, 5.74) is 0.573. The number of ether oxygens (including phenoxy) is 2. The zero-order valence-electron chi connectivity index (χ0n) is 12.5. The third-order valence-electron chi connectivity index (χ3n) is 2.86. The summed E-state index contributed by atoms with van der Waals surface area (Å²) in [6.45, 7) is 1.18. The highest BCUT2D eigenvalue weighted by Crippen LogP contribution is 2.13. The molecule has 0 radical (unpaired) electrons. The van der Waals surface area contributed by atoms with Crippen molar-refractivity contribution in [2.75, 3.05) is 11.9 Å². The first-order valence-electron chi connectivity index (χ1n) is 6.98. The molecule has 2 aromatic rings. The fraction of sp³-hybridized carbons (Fsp3) is 0.176. The number of carbonyl (C=O) groups is 2. The van der Waals surface area contributed by atoms with Crippen LogP contribution in [0.25, 0.3) is 0 Å². The summed E-state index contributed by atoms with van der Waals surface area (Å²) < 4.78 is 10.4. The van der Waals surface area contributed by atoms with E-state index in [2.05, 4.69) is 5.32 Å². The molecule has 1 N–H and O–H groups in total. The fourth-order valence-electron chi connectivity index (χ4n) is 1.74. The molecule has 0 fully saturated rings. The van der Waals surface area contributed by atoms with Crippen LogP contribution < -0.4 is 10.1 Å². The van der Waals surface area contributed by atoms with Crippen LogP contribution in [0.5, 0.6) is 5.75 Å². The monoisotopic (exact) mass is 333 g/mol. The summed E-state index contributed by atoms with van der Waals surface area (Å²) in [4.78, 5) is 23.5. The topological polar surface area (TPSA) is 64.6 Å². The Labute approximate surface area is 139 Å². The van der Waals surface area contributed by atoms with Gasteiger partial charge in [-0.05, 0) is 43.3 Å². The number of hydrogen-bond acceptors (Lipinski definition) is 4. The Morgan fingerprint density at radius 2 is 1.74 bits per heavy atom. The summed E-state index contributed by atoms with van der Waals surface area (Å²) in [6.07, 6.45) is -0.805. The SMILES string of the molecule is C[C@@H](Oc1ccccc1)C(=O)OCC(=O)Nc1ccc(Cl)cc1. The van der Waals surface area contributed by atoms with Crippen molar-refractivity contribution in [1.82, 2.24) is 0 Å². The molecule has 0 saturated heterocycles. The van der Waals surface area contributed by atoms with E-state index < -0.39 is 18.0 Å². The molecule has 2 aromatic carbocycles. The molecule has 0 bridgehead atoms. The summed E-state index contributed by atoms with van der Waals surface area (Å²) in [5, 5.41) is 3.17. The lowest BCUT2D eigenvalue weighted by atomic mass is 10.3. The molecule has 0 aromatic heterocycles. The fourth-order valence-corrected chi connectivity index (χ4v) is 1.86. The van der Waals surface area contributed by atoms with Gasteiger partial charge in [0.2, 0.25) is 0 Å². The molecule has 1 atom stereocenters. The number of esters is 1. The third-order valence-corrected chi connectivity index (χ3v) is 3.11. The number of nitrogens with one attached hydrogen (secondary N) is 1. The highest BCUT2D eigenvalue weighted by molar-refractivity contribution is 6.30. The lowest BCUT2D eigenvalue weighted by molar-refractivity contribution is -0.153. The average molecular weight is 334 g/mol. The van der Waals surface area contributed by atoms with Gasteiger partial charge in [-0.3, -0.25) is 4.79 Å². The van der Waals surface area contributed by atoms with E-state index in [-0.39, 0.29) is 6.61 Å². The van der Waals surface area contributed by atoms with Crippen molar-refractivity contribution in [2.24, 2.45) is 0 Å². The Kier molecular flexibility index (Phi) is 6.00. The van der Waals surface area contributed by atoms with E-state index in [1.165, 1.54) is 0 Å². The Morgan fingerprint density at radius 1 is 1.09 bits per heavy atom. The van der Waals surface area contributed by atoms with E-state index in [9.17, 15) is 9.59 Å². The average Bonchev–Trinajstić information content (AvgIpc) is 2.55. The van der Waals surface area contributed by atoms with E-state index in [0.29, 0.717) is 16.5 Å². The summed E-state index contributed by atoms with van der Waals surface area (Å²) in [7, 11) is 0. The number of rotatable bonds is 6. The number of halogens is 1. The van der Waals surface area contributed by atoms with Gasteiger partial charge < -0.3 is 14.8 Å². The molecule has 23 heavy (non-hydrogen) atoms. The van der Waals surface area contributed by atoms with Gasteiger partial charge in [-0.2, -0.15) is 0 Å². The van der Waals surface area contributed by atoms with Crippen LogP contribution in [0.2, 0.25) is 5.02 Å². The van der Waals surface area contributed by atoms with Gasteiger partial charge in [0, 0.05) is 10.7 Å². The zero-order chi connectivity index (χ0) is 16.7. The predicted molar refractivity (Wildman–Crippen MR) is 87.6 cm³/mol. The first-order chi connectivity index (χ1) is 11.0. The molecule has 0 aliphatic heterocycles. The number of benzene rings is 2. The second-order valence-corrected chi connectivity index (χ2v) is 5.17. The Bertz CT molecular complexity index is 658. The minimum atomic E-state index is -0.805. The quantitative estimate of drug-likeness (QED) is 0.824. The highest BCUT2D eigenvalue weighted by Gasteiger charge is 2.17. The van der Waals surface area contributed by atoms with Crippen LogP contribution in [0, 0.1) is 0 Å². The summed E-state index contributed by atoms with van der Waals surface area (Å²) in [6, 6.07) is 15.5. The van der Waals surface area contributed by atoms with Gasteiger partial charge in [-0.15, -0.1) is 0 Å². The van der Waals surface area contributed by atoms with Gasteiger partial charge in [-0.25, -0.2) is 4.79 Å². The second-order valence-electron chi connectivity index (χ2n) is 4.74. The minimum absolute atomic E-state index is 0.385. The minimum Gasteiger partial charge on any atom is -0.479 e. The molecule has 2 rings (SSSR count). The number of hydrogen-bond donors (Lipinski definition) is 1. The van der Waals surface area contributed by atoms with Crippen LogP contribution in [0.3, 0.4) is 0 Å². The number of carbonyl (C=O) groups excluding carboxylic acids is 2. The Hall–Kier alpha value is -2.53. The predicted octanol–water partition coefficient (Wildman–Crippen LogP) is 3.29. The van der Waals surface area contributed by atoms with Crippen molar-refractivity contribution in [3.05, 3.63) is 59.6 Å². The lowest BCUT2D eigenvalue weighted by Crippen LogP contribution is -2.29. The van der Waals surface area contributed by atoms with Crippen molar-refractivity contribution < 1.29 is 19.1 Å². The molecule has 0 unspecified atom stereocenters. The van der Waals surface area contributed by atoms with Crippen LogP contribution in [-0.4, -0.2) is 24.6 Å². The molecule has 120 valence electrons. The molecule has 0 heterocycles. The molecule has 0 saturated carbocycles. The standard InChI is InChI=1S/C17H16ClNO4/c1-12(23-15-5-3-2-4-6-15)17(21)22-11-16(20)19-14-9-7-13(18)8-10-14/h2-10,12H,11H2,1H3,(H,19,20)/t12-/m1/s1. The maximum absolute atomic E-state index is 11.8. The summed E-state index contributed by atoms with van der Waals surface area (Å²) in [5.74, 6) is -0.491. The normalized spacial score (nSPS) is 11.4. The lowest BCUT2D eigenvalue weighted by Gasteiger charge is -2.13. The van der Waals surface area contributed by atoms with E-state index >= 15 is 0 Å². The maximum Gasteiger partial charge on any atom is 0.347 e. The zero-order valence-corrected chi connectivity index (χ0v) is 13.2. The van der Waals surface area contributed by atoms with Crippen LogP contribution in [0.15, 0.2) is 54.6 Å². The van der Waals surface area contributed by atoms with Crippen molar-refractivity contribution >= 4 is 29.2 Å². The first kappa shape index (κ1) is 16.8. The molecular weight excluding hydrogens is 318 g/mol.